The average molecular weight is 575 g/mol. The number of rotatable bonds is 6. The molecule has 1 atom stereocenters. The van der Waals surface area contributed by atoms with Crippen LogP contribution in [0.4, 0.5) is 34.9 Å². The van der Waals surface area contributed by atoms with Gasteiger partial charge in [-0.1, -0.05) is 23.7 Å². The number of methoxy groups -OCH3 is 1. The highest BCUT2D eigenvalue weighted by Gasteiger charge is 2.34. The van der Waals surface area contributed by atoms with Crippen LogP contribution >= 0.6 is 11.6 Å². The molecule has 8 nitrogen and oxygen atoms in total. The molecule has 1 fully saturated rings. The number of anilines is 3. The Balaban J connectivity index is 1.57. The van der Waals surface area contributed by atoms with Gasteiger partial charge in [0.2, 0.25) is 5.95 Å². The monoisotopic (exact) mass is 574 g/mol. The number of carbonyl (C=O) groups is 1. The molecule has 0 spiro atoms. The van der Waals surface area contributed by atoms with Crippen molar-refractivity contribution in [2.24, 2.45) is 0 Å². The first-order valence-corrected chi connectivity index (χ1v) is 12.7. The van der Waals surface area contributed by atoms with Crippen molar-refractivity contribution in [2.45, 2.75) is 31.5 Å². The Hall–Kier alpha value is -4.19. The molecule has 3 heterocycles. The van der Waals surface area contributed by atoms with Crippen molar-refractivity contribution in [3.63, 3.8) is 0 Å². The van der Waals surface area contributed by atoms with Crippen LogP contribution in [0.25, 0.3) is 16.9 Å². The molecule has 13 heteroatoms. The summed E-state index contributed by atoms with van der Waals surface area (Å²) in [5.74, 6) is -0.838. The van der Waals surface area contributed by atoms with Crippen LogP contribution in [0.5, 0.6) is 0 Å². The number of nitrogens with zero attached hydrogens (tertiary/aromatic N) is 5. The molecule has 5 rings (SSSR count). The van der Waals surface area contributed by atoms with Crippen molar-refractivity contribution >= 4 is 34.9 Å². The standard InChI is InChI=1S/C27H23ClF4N6O2/c1-40-25(39)22-7-2-3-11-37(22)18-6-4-5-16(13-18)19-15-33-26(34-17-8-9-21(29)20(28)14-17)35-24(19)38-12-10-23(36-38)27(30,31)32/h4-6,8-10,12-15,22H,2-3,7,11H2,1H3,(H,33,34,35). The molecule has 2 aromatic heterocycles. The number of esters is 1. The van der Waals surface area contributed by atoms with Gasteiger partial charge in [0.15, 0.2) is 11.5 Å². The number of hydrogen-bond acceptors (Lipinski definition) is 7. The van der Waals surface area contributed by atoms with E-state index in [0.29, 0.717) is 29.8 Å². The second kappa shape index (κ2) is 11.1. The van der Waals surface area contributed by atoms with Gasteiger partial charge in [0.25, 0.3) is 0 Å². The third-order valence-electron chi connectivity index (χ3n) is 6.51. The van der Waals surface area contributed by atoms with Gasteiger partial charge in [-0.25, -0.2) is 18.9 Å². The van der Waals surface area contributed by atoms with E-state index in [4.69, 9.17) is 16.3 Å². The van der Waals surface area contributed by atoms with Crippen LogP contribution in [0.3, 0.4) is 0 Å². The second-order valence-corrected chi connectivity index (χ2v) is 9.51. The number of ether oxygens (including phenoxy) is 1. The summed E-state index contributed by atoms with van der Waals surface area (Å²) in [5.41, 5.74) is 1.04. The summed E-state index contributed by atoms with van der Waals surface area (Å²) >= 11 is 5.87. The minimum absolute atomic E-state index is 0.0309. The van der Waals surface area contributed by atoms with Crippen LogP contribution < -0.4 is 10.2 Å². The van der Waals surface area contributed by atoms with Gasteiger partial charge in [-0.2, -0.15) is 23.3 Å². The molecule has 1 N–H and O–H groups in total. The molecule has 0 amide bonds. The number of aromatic nitrogens is 4. The fraction of sp³-hybridized carbons (Fsp3) is 0.259. The van der Waals surface area contributed by atoms with Gasteiger partial charge in [-0.3, -0.25) is 0 Å². The van der Waals surface area contributed by atoms with Crippen molar-refractivity contribution in [2.75, 3.05) is 23.9 Å². The van der Waals surface area contributed by atoms with Gasteiger partial charge in [-0.05, 0) is 61.2 Å². The van der Waals surface area contributed by atoms with Crippen LogP contribution in [0.15, 0.2) is 60.9 Å². The molecular weight excluding hydrogens is 552 g/mol. The maximum atomic E-state index is 13.6. The number of alkyl halides is 3. The summed E-state index contributed by atoms with van der Waals surface area (Å²) in [6.07, 6.45) is 0.399. The third kappa shape index (κ3) is 5.71. The quantitative estimate of drug-likeness (QED) is 0.210. The summed E-state index contributed by atoms with van der Waals surface area (Å²) in [6.45, 7) is 0.643. The molecule has 0 aliphatic carbocycles. The molecule has 1 aliphatic rings. The van der Waals surface area contributed by atoms with Crippen molar-refractivity contribution < 1.29 is 27.1 Å². The lowest BCUT2D eigenvalue weighted by molar-refractivity contribution is -0.143. The average Bonchev–Trinajstić information content (AvgIpc) is 3.46. The highest BCUT2D eigenvalue weighted by molar-refractivity contribution is 6.31. The van der Waals surface area contributed by atoms with E-state index in [-0.39, 0.29) is 22.8 Å². The van der Waals surface area contributed by atoms with E-state index in [2.05, 4.69) is 20.4 Å². The molecule has 1 unspecified atom stereocenters. The van der Waals surface area contributed by atoms with Gasteiger partial charge in [0, 0.05) is 35.9 Å². The Kier molecular flexibility index (Phi) is 7.61. The maximum Gasteiger partial charge on any atom is 0.435 e. The van der Waals surface area contributed by atoms with E-state index in [1.54, 1.807) is 12.1 Å². The predicted octanol–water partition coefficient (Wildman–Crippen LogP) is 6.42. The van der Waals surface area contributed by atoms with Crippen molar-refractivity contribution in [1.29, 1.82) is 0 Å². The van der Waals surface area contributed by atoms with Crippen LogP contribution in [-0.4, -0.2) is 45.4 Å². The topological polar surface area (TPSA) is 85.2 Å². The van der Waals surface area contributed by atoms with Crippen molar-refractivity contribution in [1.82, 2.24) is 19.7 Å². The van der Waals surface area contributed by atoms with Gasteiger partial charge < -0.3 is 15.0 Å². The molecule has 0 bridgehead atoms. The minimum Gasteiger partial charge on any atom is -0.467 e. The zero-order valence-corrected chi connectivity index (χ0v) is 21.9. The molecule has 1 saturated heterocycles. The predicted molar refractivity (Wildman–Crippen MR) is 141 cm³/mol. The lowest BCUT2D eigenvalue weighted by atomic mass is 10.00. The van der Waals surface area contributed by atoms with E-state index >= 15 is 0 Å². The third-order valence-corrected chi connectivity index (χ3v) is 6.80. The minimum atomic E-state index is -4.65. The lowest BCUT2D eigenvalue weighted by Gasteiger charge is -2.35. The molecular formula is C27H23ClF4N6O2. The molecule has 4 aromatic rings. The normalized spacial score (nSPS) is 15.7. The first kappa shape index (κ1) is 27.4. The maximum absolute atomic E-state index is 13.6. The number of nitrogens with one attached hydrogen (secondary N) is 1. The molecule has 40 heavy (non-hydrogen) atoms. The smallest absolute Gasteiger partial charge is 0.435 e. The zero-order valence-electron chi connectivity index (χ0n) is 21.1. The van der Waals surface area contributed by atoms with Crippen LogP contribution in [0.2, 0.25) is 5.02 Å². The van der Waals surface area contributed by atoms with Crippen molar-refractivity contribution in [3.8, 4) is 16.9 Å². The van der Waals surface area contributed by atoms with E-state index in [1.807, 2.05) is 17.0 Å². The first-order valence-electron chi connectivity index (χ1n) is 12.3. The fourth-order valence-corrected chi connectivity index (χ4v) is 4.76. The summed E-state index contributed by atoms with van der Waals surface area (Å²) in [5, 5.41) is 6.47. The number of benzene rings is 2. The first-order chi connectivity index (χ1) is 19.1. The Morgan fingerprint density at radius 1 is 1.15 bits per heavy atom. The highest BCUT2D eigenvalue weighted by Crippen LogP contribution is 2.34. The number of hydrogen-bond donors (Lipinski definition) is 1. The van der Waals surface area contributed by atoms with Crippen LogP contribution in [-0.2, 0) is 15.7 Å². The Morgan fingerprint density at radius 2 is 1.98 bits per heavy atom. The van der Waals surface area contributed by atoms with E-state index in [0.717, 1.165) is 41.5 Å². The Bertz CT molecular complexity index is 1540. The number of halogens is 5. The van der Waals surface area contributed by atoms with Gasteiger partial charge in [0.05, 0.1) is 12.1 Å². The molecule has 0 saturated carbocycles. The number of piperidine rings is 1. The van der Waals surface area contributed by atoms with E-state index in [1.165, 1.54) is 25.4 Å². The summed E-state index contributed by atoms with van der Waals surface area (Å²) in [7, 11) is 1.35. The van der Waals surface area contributed by atoms with E-state index < -0.39 is 23.7 Å². The Morgan fingerprint density at radius 3 is 2.70 bits per heavy atom. The highest BCUT2D eigenvalue weighted by atomic mass is 35.5. The summed E-state index contributed by atoms with van der Waals surface area (Å²) in [4.78, 5) is 23.2. The van der Waals surface area contributed by atoms with Crippen molar-refractivity contribution in [3.05, 3.63) is 77.5 Å². The van der Waals surface area contributed by atoms with E-state index in [9.17, 15) is 22.4 Å². The molecule has 0 radical (unpaired) electrons. The molecule has 2 aromatic carbocycles. The lowest BCUT2D eigenvalue weighted by Crippen LogP contribution is -2.45. The summed E-state index contributed by atoms with van der Waals surface area (Å²) in [6, 6.07) is 11.6. The molecule has 208 valence electrons. The SMILES string of the molecule is COC(=O)C1CCCCN1c1cccc(-c2cnc(Nc3ccc(F)c(Cl)c3)nc2-n2ccc(C(F)(F)F)n2)c1. The fourth-order valence-electron chi connectivity index (χ4n) is 4.58. The molecule has 1 aliphatic heterocycles. The summed E-state index contributed by atoms with van der Waals surface area (Å²) < 4.78 is 59.7. The Labute approximate surface area is 231 Å². The van der Waals surface area contributed by atoms with Gasteiger partial charge >= 0.3 is 12.1 Å². The zero-order chi connectivity index (χ0) is 28.4. The largest absolute Gasteiger partial charge is 0.467 e. The van der Waals surface area contributed by atoms with Crippen LogP contribution in [0, 0.1) is 5.82 Å². The van der Waals surface area contributed by atoms with Gasteiger partial charge in [0.1, 0.15) is 11.9 Å². The number of carbonyl (C=O) groups excluding carboxylic acids is 1. The van der Waals surface area contributed by atoms with Crippen LogP contribution in [0.1, 0.15) is 25.0 Å². The second-order valence-electron chi connectivity index (χ2n) is 9.11. The van der Waals surface area contributed by atoms with Gasteiger partial charge in [-0.15, -0.1) is 0 Å².